The first-order chi connectivity index (χ1) is 8.22. The van der Waals surface area contributed by atoms with Gasteiger partial charge in [0.05, 0.1) is 20.0 Å². The molecule has 0 spiro atoms. The van der Waals surface area contributed by atoms with E-state index in [-0.39, 0.29) is 5.69 Å². The topological polar surface area (TPSA) is 79.4 Å². The third-order valence-corrected chi connectivity index (χ3v) is 2.97. The second-order valence-electron chi connectivity index (χ2n) is 4.21. The minimum Gasteiger partial charge on any atom is -0.464 e. The molecule has 0 radical (unpaired) electrons. The molecule has 0 amide bonds. The Labute approximate surface area is 99.7 Å². The van der Waals surface area contributed by atoms with Gasteiger partial charge in [-0.2, -0.15) is 0 Å². The maximum absolute atomic E-state index is 11.3. The van der Waals surface area contributed by atoms with Crippen molar-refractivity contribution in [3.63, 3.8) is 0 Å². The molecule has 17 heavy (non-hydrogen) atoms. The Morgan fingerprint density at radius 2 is 2.59 bits per heavy atom. The predicted octanol–water partition coefficient (Wildman–Crippen LogP) is 0.679. The normalized spacial score (nSPS) is 20.2. The molecule has 1 saturated heterocycles. The maximum Gasteiger partial charge on any atom is 0.360 e. The summed E-state index contributed by atoms with van der Waals surface area (Å²) < 4.78 is 11.8. The van der Waals surface area contributed by atoms with Crippen LogP contribution in [0.15, 0.2) is 6.33 Å². The number of methoxy groups -OCH3 is 1. The molecule has 1 aliphatic heterocycles. The maximum atomic E-state index is 11.3. The summed E-state index contributed by atoms with van der Waals surface area (Å²) in [5, 5.41) is 0. The van der Waals surface area contributed by atoms with Crippen LogP contribution in [-0.4, -0.2) is 35.8 Å². The van der Waals surface area contributed by atoms with E-state index in [0.717, 1.165) is 32.6 Å². The minimum absolute atomic E-state index is 0.184. The Bertz CT molecular complexity index is 397. The number of anilines is 1. The van der Waals surface area contributed by atoms with E-state index < -0.39 is 5.97 Å². The third kappa shape index (κ3) is 2.58. The van der Waals surface area contributed by atoms with Gasteiger partial charge in [-0.25, -0.2) is 9.78 Å². The molecule has 1 fully saturated rings. The molecule has 6 nitrogen and oxygen atoms in total. The number of esters is 1. The quantitative estimate of drug-likeness (QED) is 0.784. The smallest absolute Gasteiger partial charge is 0.360 e. The van der Waals surface area contributed by atoms with Crippen LogP contribution in [0.2, 0.25) is 0 Å². The second kappa shape index (κ2) is 5.18. The number of aromatic nitrogens is 2. The Kier molecular flexibility index (Phi) is 3.63. The largest absolute Gasteiger partial charge is 0.464 e. The number of hydrogen-bond donors (Lipinski definition) is 1. The van der Waals surface area contributed by atoms with Gasteiger partial charge in [-0.05, 0) is 12.8 Å². The SMILES string of the molecule is COC(=O)c1ncn(CC2CCCOC2)c1N. The van der Waals surface area contributed by atoms with E-state index in [1.165, 1.54) is 7.11 Å². The highest BCUT2D eigenvalue weighted by molar-refractivity contribution is 5.91. The Hall–Kier alpha value is -1.56. The number of hydrogen-bond acceptors (Lipinski definition) is 5. The number of nitrogen functional groups attached to an aromatic ring is 1. The van der Waals surface area contributed by atoms with E-state index in [4.69, 9.17) is 10.5 Å². The number of nitrogens with two attached hydrogens (primary N) is 1. The van der Waals surface area contributed by atoms with Gasteiger partial charge < -0.3 is 19.8 Å². The predicted molar refractivity (Wildman–Crippen MR) is 61.5 cm³/mol. The fourth-order valence-corrected chi connectivity index (χ4v) is 2.02. The molecule has 0 bridgehead atoms. The summed E-state index contributed by atoms with van der Waals surface area (Å²) in [6.07, 6.45) is 3.77. The van der Waals surface area contributed by atoms with Gasteiger partial charge in [0.25, 0.3) is 0 Å². The fraction of sp³-hybridized carbons (Fsp3) is 0.636. The molecule has 2 N–H and O–H groups in total. The molecule has 1 aromatic heterocycles. The summed E-state index contributed by atoms with van der Waals surface area (Å²) >= 11 is 0. The summed E-state index contributed by atoms with van der Waals surface area (Å²) in [6.45, 7) is 2.31. The first-order valence-corrected chi connectivity index (χ1v) is 5.69. The molecule has 0 aliphatic carbocycles. The lowest BCUT2D eigenvalue weighted by atomic mass is 10.0. The second-order valence-corrected chi connectivity index (χ2v) is 4.21. The molecule has 1 aromatic rings. The van der Waals surface area contributed by atoms with Crippen LogP contribution in [0, 0.1) is 5.92 Å². The van der Waals surface area contributed by atoms with Crippen LogP contribution in [-0.2, 0) is 16.0 Å². The Balaban J connectivity index is 2.06. The van der Waals surface area contributed by atoms with Crippen LogP contribution in [0.1, 0.15) is 23.3 Å². The molecular weight excluding hydrogens is 222 g/mol. The minimum atomic E-state index is -0.499. The van der Waals surface area contributed by atoms with Crippen molar-refractivity contribution in [1.82, 2.24) is 9.55 Å². The van der Waals surface area contributed by atoms with E-state index in [1.54, 1.807) is 10.9 Å². The molecule has 6 heteroatoms. The van der Waals surface area contributed by atoms with Crippen LogP contribution in [0.4, 0.5) is 5.82 Å². The van der Waals surface area contributed by atoms with Crippen LogP contribution >= 0.6 is 0 Å². The average Bonchev–Trinajstić information content (AvgIpc) is 2.72. The highest BCUT2D eigenvalue weighted by Gasteiger charge is 2.19. The van der Waals surface area contributed by atoms with Crippen molar-refractivity contribution in [1.29, 1.82) is 0 Å². The zero-order valence-electron chi connectivity index (χ0n) is 9.89. The van der Waals surface area contributed by atoms with Crippen LogP contribution in [0.3, 0.4) is 0 Å². The van der Waals surface area contributed by atoms with Crippen molar-refractivity contribution in [3.8, 4) is 0 Å². The molecule has 2 heterocycles. The van der Waals surface area contributed by atoms with Crippen molar-refractivity contribution in [2.75, 3.05) is 26.1 Å². The van der Waals surface area contributed by atoms with Crippen LogP contribution < -0.4 is 5.73 Å². The van der Waals surface area contributed by atoms with Crippen molar-refractivity contribution in [3.05, 3.63) is 12.0 Å². The van der Waals surface area contributed by atoms with Gasteiger partial charge in [0, 0.05) is 19.1 Å². The van der Waals surface area contributed by atoms with Gasteiger partial charge in [-0.3, -0.25) is 0 Å². The number of imidazole rings is 1. The first kappa shape index (κ1) is 11.9. The first-order valence-electron chi connectivity index (χ1n) is 5.69. The monoisotopic (exact) mass is 239 g/mol. The van der Waals surface area contributed by atoms with Crippen LogP contribution in [0.25, 0.3) is 0 Å². The Morgan fingerprint density at radius 1 is 1.76 bits per heavy atom. The van der Waals surface area contributed by atoms with E-state index >= 15 is 0 Å². The average molecular weight is 239 g/mol. The third-order valence-electron chi connectivity index (χ3n) is 2.97. The van der Waals surface area contributed by atoms with Crippen molar-refractivity contribution < 1.29 is 14.3 Å². The highest BCUT2D eigenvalue weighted by Crippen LogP contribution is 2.19. The summed E-state index contributed by atoms with van der Waals surface area (Å²) in [4.78, 5) is 15.3. The number of rotatable bonds is 3. The lowest BCUT2D eigenvalue weighted by Gasteiger charge is -2.22. The zero-order valence-corrected chi connectivity index (χ0v) is 9.89. The fourth-order valence-electron chi connectivity index (χ4n) is 2.02. The van der Waals surface area contributed by atoms with Gasteiger partial charge >= 0.3 is 5.97 Å². The van der Waals surface area contributed by atoms with Gasteiger partial charge in [-0.1, -0.05) is 0 Å². The number of ether oxygens (including phenoxy) is 2. The van der Waals surface area contributed by atoms with E-state index in [0.29, 0.717) is 11.7 Å². The summed E-state index contributed by atoms with van der Waals surface area (Å²) in [6, 6.07) is 0. The molecule has 1 aliphatic rings. The van der Waals surface area contributed by atoms with Gasteiger partial charge in [-0.15, -0.1) is 0 Å². The van der Waals surface area contributed by atoms with E-state index in [9.17, 15) is 4.79 Å². The van der Waals surface area contributed by atoms with E-state index in [2.05, 4.69) is 9.72 Å². The summed E-state index contributed by atoms with van der Waals surface area (Å²) in [5.41, 5.74) is 6.04. The van der Waals surface area contributed by atoms with Crippen molar-refractivity contribution >= 4 is 11.8 Å². The molecule has 0 saturated carbocycles. The summed E-state index contributed by atoms with van der Waals surface area (Å²) in [5.74, 6) is 0.300. The van der Waals surface area contributed by atoms with Crippen molar-refractivity contribution in [2.45, 2.75) is 19.4 Å². The number of carbonyl (C=O) groups excluding carboxylic acids is 1. The molecular formula is C11H17N3O3. The zero-order chi connectivity index (χ0) is 12.3. The van der Waals surface area contributed by atoms with Crippen molar-refractivity contribution in [2.24, 2.45) is 5.92 Å². The highest BCUT2D eigenvalue weighted by atomic mass is 16.5. The van der Waals surface area contributed by atoms with Crippen LogP contribution in [0.5, 0.6) is 0 Å². The number of carbonyl (C=O) groups is 1. The lowest BCUT2D eigenvalue weighted by Crippen LogP contribution is -2.22. The standard InChI is InChI=1S/C11H17N3O3/c1-16-11(15)9-10(12)14(7-13-9)5-8-3-2-4-17-6-8/h7-8H,2-6,12H2,1H3. The molecule has 2 rings (SSSR count). The molecule has 94 valence electrons. The molecule has 1 unspecified atom stereocenters. The molecule has 1 atom stereocenters. The van der Waals surface area contributed by atoms with Gasteiger partial charge in [0.2, 0.25) is 0 Å². The summed E-state index contributed by atoms with van der Waals surface area (Å²) in [7, 11) is 1.32. The van der Waals surface area contributed by atoms with Gasteiger partial charge in [0.15, 0.2) is 5.69 Å². The van der Waals surface area contributed by atoms with Gasteiger partial charge in [0.1, 0.15) is 5.82 Å². The van der Waals surface area contributed by atoms with E-state index in [1.807, 2.05) is 0 Å². The lowest BCUT2D eigenvalue weighted by molar-refractivity contribution is 0.0485. The number of nitrogens with zero attached hydrogens (tertiary/aromatic N) is 2. The molecule has 0 aromatic carbocycles. The Morgan fingerprint density at radius 3 is 3.24 bits per heavy atom.